The van der Waals surface area contributed by atoms with E-state index in [1.54, 1.807) is 35.7 Å². The first-order valence-corrected chi connectivity index (χ1v) is 19.1. The highest BCUT2D eigenvalue weighted by atomic mass is 32.1. The summed E-state index contributed by atoms with van der Waals surface area (Å²) in [5.74, 6) is -1.18. The molecule has 0 N–H and O–H groups in total. The lowest BCUT2D eigenvalue weighted by molar-refractivity contribution is 0.585. The number of benzene rings is 5. The van der Waals surface area contributed by atoms with Gasteiger partial charge in [-0.15, -0.1) is 11.3 Å². The molecule has 57 heavy (non-hydrogen) atoms. The zero-order valence-electron chi connectivity index (χ0n) is 30.7. The number of pyridine rings is 4. The van der Waals surface area contributed by atoms with Crippen molar-refractivity contribution in [1.82, 2.24) is 19.9 Å². The Balaban J connectivity index is 0.000000117. The quantitative estimate of drug-likeness (QED) is 0.179. The number of aromatic nitrogens is 4. The van der Waals surface area contributed by atoms with Gasteiger partial charge in [0.05, 0.1) is 33.2 Å². The topological polar surface area (TPSA) is 51.6 Å². The van der Waals surface area contributed by atoms with E-state index in [-0.39, 0.29) is 0 Å². The summed E-state index contributed by atoms with van der Waals surface area (Å²) in [6, 6.07) is 63.9. The Morgan fingerprint density at radius 1 is 0.386 bits per heavy atom. The minimum atomic E-state index is -0.594. The molecule has 5 aromatic heterocycles. The number of nitrogens with zero attached hydrogens (tertiary/aromatic N) is 4. The molecule has 276 valence electrons. The van der Waals surface area contributed by atoms with E-state index < -0.39 is 11.6 Å². The third-order valence-corrected chi connectivity index (χ3v) is 9.76. The smallest absolute Gasteiger partial charge is 0.135 e. The van der Waals surface area contributed by atoms with Gasteiger partial charge in [-0.3, -0.25) is 15.0 Å². The molecule has 0 spiro atoms. The maximum Gasteiger partial charge on any atom is 0.135 e. The average molecular weight is 763 g/mol. The number of thiophene rings is 1. The van der Waals surface area contributed by atoms with Crippen LogP contribution in [0.2, 0.25) is 0 Å². The van der Waals surface area contributed by atoms with Crippen LogP contribution in [0.5, 0.6) is 0 Å². The summed E-state index contributed by atoms with van der Waals surface area (Å²) in [7, 11) is 0. The highest BCUT2D eigenvalue weighted by Crippen LogP contribution is 2.32. The van der Waals surface area contributed by atoms with Crippen LogP contribution in [0.1, 0.15) is 0 Å². The van der Waals surface area contributed by atoms with Crippen molar-refractivity contribution in [3.05, 3.63) is 230 Å². The maximum atomic E-state index is 13.3. The molecule has 0 aliphatic carbocycles. The molecule has 0 bridgehead atoms. The molecule has 4 nitrogen and oxygen atoms in total. The van der Waals surface area contributed by atoms with Gasteiger partial charge in [-0.2, -0.15) is 0 Å². The standard InChI is InChI=1S/C15H11N.C13H9NS.C11H7F2N.C11H9N/c1-2-6-12(7-3-1)15-11-10-13-8-4-5-9-14(13)16-15;1-2-7-12-10(5-1)9-13(15-12)11-6-3-4-8-14-11;12-8-4-5-9(10(13)7-8)11-3-1-2-6-14-11;1-2-6-10(7-3-1)11-8-4-5-9-12-11/h1-11H;1-9H;1-7H;1-9H. The Labute approximate surface area is 334 Å². The average Bonchev–Trinajstić information content (AvgIpc) is 3.73. The number of fused-ring (bicyclic) bond motifs is 2. The summed E-state index contributed by atoms with van der Waals surface area (Å²) in [5, 5.41) is 2.48. The van der Waals surface area contributed by atoms with Gasteiger partial charge in [-0.25, -0.2) is 13.8 Å². The normalized spacial score (nSPS) is 10.3. The molecule has 0 saturated heterocycles. The van der Waals surface area contributed by atoms with Crippen LogP contribution in [0.25, 0.3) is 65.3 Å². The van der Waals surface area contributed by atoms with Gasteiger partial charge in [0.1, 0.15) is 11.6 Å². The predicted molar refractivity (Wildman–Crippen MR) is 231 cm³/mol. The third kappa shape index (κ3) is 10.5. The van der Waals surface area contributed by atoms with Crippen LogP contribution in [0.4, 0.5) is 8.78 Å². The van der Waals surface area contributed by atoms with E-state index in [1.165, 1.54) is 32.5 Å². The first-order valence-electron chi connectivity index (χ1n) is 18.2. The fourth-order valence-electron chi connectivity index (χ4n) is 5.81. The highest BCUT2D eigenvalue weighted by molar-refractivity contribution is 7.22. The van der Waals surface area contributed by atoms with Gasteiger partial charge in [0.2, 0.25) is 0 Å². The molecule has 0 amide bonds. The second kappa shape index (κ2) is 19.4. The van der Waals surface area contributed by atoms with E-state index in [2.05, 4.69) is 92.7 Å². The van der Waals surface area contributed by atoms with Crippen LogP contribution in [-0.4, -0.2) is 19.9 Å². The van der Waals surface area contributed by atoms with Crippen LogP contribution in [0, 0.1) is 11.6 Å². The molecule has 0 fully saturated rings. The molecule has 0 unspecified atom stereocenters. The Morgan fingerprint density at radius 2 is 0.930 bits per heavy atom. The lowest BCUT2D eigenvalue weighted by atomic mass is 10.1. The van der Waals surface area contributed by atoms with Crippen molar-refractivity contribution in [2.75, 3.05) is 0 Å². The Bertz CT molecular complexity index is 2680. The van der Waals surface area contributed by atoms with Gasteiger partial charge < -0.3 is 0 Å². The summed E-state index contributed by atoms with van der Waals surface area (Å²) in [6.45, 7) is 0. The number of hydrogen-bond acceptors (Lipinski definition) is 5. The SMILES string of the molecule is Fc1ccc(-c2ccccn2)c(F)c1.c1ccc(-c2cc3ccccc3s2)nc1.c1ccc(-c2ccc3ccccc3n2)cc1.c1ccc(-c2ccccn2)cc1. The molecule has 0 saturated carbocycles. The first-order chi connectivity index (χ1) is 28.1. The van der Waals surface area contributed by atoms with E-state index in [4.69, 9.17) is 0 Å². The van der Waals surface area contributed by atoms with E-state index in [0.29, 0.717) is 11.3 Å². The monoisotopic (exact) mass is 762 g/mol. The minimum Gasteiger partial charge on any atom is -0.256 e. The van der Waals surface area contributed by atoms with Gasteiger partial charge >= 0.3 is 0 Å². The molecular weight excluding hydrogens is 727 g/mol. The van der Waals surface area contributed by atoms with Crippen molar-refractivity contribution in [1.29, 1.82) is 0 Å². The maximum absolute atomic E-state index is 13.3. The first kappa shape index (κ1) is 38.1. The summed E-state index contributed by atoms with van der Waals surface area (Å²) >= 11 is 1.79. The number of rotatable bonds is 4. The summed E-state index contributed by atoms with van der Waals surface area (Å²) in [4.78, 5) is 18.5. The lowest BCUT2D eigenvalue weighted by Crippen LogP contribution is -1.88. The van der Waals surface area contributed by atoms with Gasteiger partial charge in [-0.05, 0) is 78.2 Å². The third-order valence-electron chi connectivity index (χ3n) is 8.62. The number of hydrogen-bond donors (Lipinski definition) is 0. The van der Waals surface area contributed by atoms with Gasteiger partial charge in [0, 0.05) is 51.4 Å². The van der Waals surface area contributed by atoms with Crippen LogP contribution in [0.3, 0.4) is 0 Å². The molecule has 0 aliphatic rings. The zero-order chi connectivity index (χ0) is 39.1. The summed E-state index contributed by atoms with van der Waals surface area (Å²) < 4.78 is 27.2. The van der Waals surface area contributed by atoms with Crippen molar-refractivity contribution < 1.29 is 8.78 Å². The van der Waals surface area contributed by atoms with Crippen molar-refractivity contribution >= 4 is 32.3 Å². The van der Waals surface area contributed by atoms with Crippen molar-refractivity contribution in [3.8, 4) is 44.3 Å². The highest BCUT2D eigenvalue weighted by Gasteiger charge is 2.06. The number of para-hydroxylation sites is 1. The lowest BCUT2D eigenvalue weighted by Gasteiger charge is -2.02. The molecule has 0 radical (unpaired) electrons. The van der Waals surface area contributed by atoms with Crippen molar-refractivity contribution in [3.63, 3.8) is 0 Å². The van der Waals surface area contributed by atoms with E-state index in [9.17, 15) is 8.78 Å². The zero-order valence-corrected chi connectivity index (χ0v) is 31.6. The van der Waals surface area contributed by atoms with E-state index in [1.807, 2.05) is 103 Å². The Morgan fingerprint density at radius 3 is 1.54 bits per heavy atom. The van der Waals surface area contributed by atoms with E-state index >= 15 is 0 Å². The summed E-state index contributed by atoms with van der Waals surface area (Å²) in [5.41, 5.74) is 7.29. The van der Waals surface area contributed by atoms with Crippen LogP contribution in [-0.2, 0) is 0 Å². The van der Waals surface area contributed by atoms with Crippen LogP contribution in [0.15, 0.2) is 219 Å². The number of halogens is 2. The van der Waals surface area contributed by atoms with Gasteiger partial charge in [0.15, 0.2) is 0 Å². The Hall–Kier alpha value is -7.22. The van der Waals surface area contributed by atoms with Crippen molar-refractivity contribution in [2.24, 2.45) is 0 Å². The van der Waals surface area contributed by atoms with Crippen molar-refractivity contribution in [2.45, 2.75) is 0 Å². The summed E-state index contributed by atoms with van der Waals surface area (Å²) in [6.07, 6.45) is 5.21. The molecule has 10 rings (SSSR count). The molecule has 0 aliphatic heterocycles. The van der Waals surface area contributed by atoms with Gasteiger partial charge in [0.25, 0.3) is 0 Å². The van der Waals surface area contributed by atoms with Crippen LogP contribution >= 0.6 is 11.3 Å². The molecule has 5 aromatic carbocycles. The molecule has 10 aromatic rings. The fourth-order valence-corrected chi connectivity index (χ4v) is 6.85. The van der Waals surface area contributed by atoms with E-state index in [0.717, 1.165) is 39.8 Å². The predicted octanol–water partition coefficient (Wildman–Crippen LogP) is 13.6. The van der Waals surface area contributed by atoms with Gasteiger partial charge in [-0.1, -0.05) is 121 Å². The molecule has 0 atom stereocenters. The van der Waals surface area contributed by atoms with Crippen LogP contribution < -0.4 is 0 Å². The molecule has 7 heteroatoms. The second-order valence-corrected chi connectivity index (χ2v) is 13.6. The fraction of sp³-hybridized carbons (Fsp3) is 0. The molecule has 5 heterocycles. The largest absolute Gasteiger partial charge is 0.256 e. The molecular formula is C50H36F2N4S. The Kier molecular flexibility index (Phi) is 13.0. The second-order valence-electron chi connectivity index (χ2n) is 12.5. The minimum absolute atomic E-state index is 0.312.